The van der Waals surface area contributed by atoms with Crippen molar-refractivity contribution >= 4 is 5.97 Å². The molecule has 1 saturated heterocycles. The quantitative estimate of drug-likeness (QED) is 0.336. The number of cyclic esters (lactones) is 1. The highest BCUT2D eigenvalue weighted by Gasteiger charge is 2.44. The molecule has 0 aromatic heterocycles. The van der Waals surface area contributed by atoms with Gasteiger partial charge in [-0.05, 0) is 71.1 Å². The van der Waals surface area contributed by atoms with E-state index < -0.39 is 0 Å². The second-order valence-corrected chi connectivity index (χ2v) is 11.9. The standard InChI is InChI=1S/C30H50O5/c1-20-12-13-27(33-29(32)11-9-10-26(31)22(3)16-20)23(4)17-21(2)18-24(5)28-19-25(6)34-30(35-28)14-7-8-15-30/h12,18,22-28,31H,7-11,13-17,19H2,1-6H3/b20-12+,21-18+/t22-,23-,24+,25+,26-,27+,28+/m0/s1. The summed E-state index contributed by atoms with van der Waals surface area (Å²) in [5, 5.41) is 10.3. The van der Waals surface area contributed by atoms with Gasteiger partial charge in [0.2, 0.25) is 0 Å². The lowest BCUT2D eigenvalue weighted by Crippen LogP contribution is -2.47. The molecule has 0 amide bonds. The largest absolute Gasteiger partial charge is 0.462 e. The van der Waals surface area contributed by atoms with Crippen molar-refractivity contribution in [3.05, 3.63) is 23.3 Å². The van der Waals surface area contributed by atoms with Crippen molar-refractivity contribution in [2.75, 3.05) is 0 Å². The van der Waals surface area contributed by atoms with Gasteiger partial charge in [-0.2, -0.15) is 0 Å². The van der Waals surface area contributed by atoms with Gasteiger partial charge in [0.05, 0.1) is 18.3 Å². The van der Waals surface area contributed by atoms with Crippen molar-refractivity contribution in [1.82, 2.24) is 0 Å². The van der Waals surface area contributed by atoms with Gasteiger partial charge in [0.15, 0.2) is 5.79 Å². The third kappa shape index (κ3) is 8.43. The molecule has 2 aliphatic heterocycles. The Hall–Kier alpha value is -1.17. The zero-order valence-corrected chi connectivity index (χ0v) is 23.1. The van der Waals surface area contributed by atoms with E-state index in [0.717, 1.165) is 38.5 Å². The summed E-state index contributed by atoms with van der Waals surface area (Å²) < 4.78 is 18.8. The molecule has 3 rings (SSSR count). The van der Waals surface area contributed by atoms with E-state index in [1.54, 1.807) is 0 Å². The maximum Gasteiger partial charge on any atom is 0.306 e. The number of aliphatic hydroxyl groups excluding tert-OH is 1. The summed E-state index contributed by atoms with van der Waals surface area (Å²) in [6, 6.07) is 0. The lowest BCUT2D eigenvalue weighted by Gasteiger charge is -2.43. The molecule has 7 atom stereocenters. The zero-order chi connectivity index (χ0) is 25.6. The Morgan fingerprint density at radius 2 is 1.89 bits per heavy atom. The minimum Gasteiger partial charge on any atom is -0.462 e. The smallest absolute Gasteiger partial charge is 0.306 e. The fourth-order valence-electron chi connectivity index (χ4n) is 6.24. The van der Waals surface area contributed by atoms with Gasteiger partial charge in [-0.3, -0.25) is 4.79 Å². The molecule has 0 aromatic rings. The van der Waals surface area contributed by atoms with Gasteiger partial charge in [0, 0.05) is 38.0 Å². The Morgan fingerprint density at radius 3 is 2.60 bits per heavy atom. The van der Waals surface area contributed by atoms with E-state index in [2.05, 4.69) is 53.7 Å². The molecule has 35 heavy (non-hydrogen) atoms. The van der Waals surface area contributed by atoms with Gasteiger partial charge >= 0.3 is 5.97 Å². The van der Waals surface area contributed by atoms with Crippen LogP contribution in [0.2, 0.25) is 0 Å². The van der Waals surface area contributed by atoms with Gasteiger partial charge in [-0.15, -0.1) is 0 Å². The molecular weight excluding hydrogens is 440 g/mol. The van der Waals surface area contributed by atoms with E-state index in [-0.39, 0.29) is 48.0 Å². The minimum atomic E-state index is -0.360. The summed E-state index contributed by atoms with van der Waals surface area (Å²) in [5.41, 5.74) is 2.59. The normalized spacial score (nSPS) is 36.4. The summed E-state index contributed by atoms with van der Waals surface area (Å²) in [7, 11) is 0. The third-order valence-corrected chi connectivity index (χ3v) is 8.29. The zero-order valence-electron chi connectivity index (χ0n) is 23.1. The van der Waals surface area contributed by atoms with Crippen LogP contribution in [0.15, 0.2) is 23.3 Å². The van der Waals surface area contributed by atoms with Crippen molar-refractivity contribution in [3.63, 3.8) is 0 Å². The van der Waals surface area contributed by atoms with Crippen molar-refractivity contribution in [1.29, 1.82) is 0 Å². The van der Waals surface area contributed by atoms with Crippen LogP contribution in [-0.4, -0.2) is 41.3 Å². The number of rotatable bonds is 5. The van der Waals surface area contributed by atoms with Crippen LogP contribution in [0, 0.1) is 17.8 Å². The summed E-state index contributed by atoms with van der Waals surface area (Å²) in [6.45, 7) is 13.0. The molecule has 5 nitrogen and oxygen atoms in total. The van der Waals surface area contributed by atoms with E-state index in [1.165, 1.54) is 24.0 Å². The Bertz CT molecular complexity index is 750. The number of esters is 1. The number of allylic oxidation sites excluding steroid dienone is 2. The first kappa shape index (κ1) is 28.4. The highest BCUT2D eigenvalue weighted by molar-refractivity contribution is 5.69. The van der Waals surface area contributed by atoms with E-state index in [4.69, 9.17) is 14.2 Å². The molecule has 0 bridgehead atoms. The molecule has 0 unspecified atom stereocenters. The number of aliphatic hydroxyl groups is 1. The van der Waals surface area contributed by atoms with Gasteiger partial charge < -0.3 is 19.3 Å². The minimum absolute atomic E-state index is 0.128. The molecule has 3 aliphatic rings. The fourth-order valence-corrected chi connectivity index (χ4v) is 6.24. The third-order valence-electron chi connectivity index (χ3n) is 8.29. The summed E-state index contributed by atoms with van der Waals surface area (Å²) in [5.74, 6) is 0.260. The summed E-state index contributed by atoms with van der Waals surface area (Å²) in [4.78, 5) is 12.5. The fraction of sp³-hybridized carbons (Fsp3) is 0.833. The number of hydrogen-bond acceptors (Lipinski definition) is 5. The molecule has 0 radical (unpaired) electrons. The Kier molecular flexibility index (Phi) is 10.4. The molecule has 0 aromatic carbocycles. The molecule has 1 aliphatic carbocycles. The monoisotopic (exact) mass is 490 g/mol. The van der Waals surface area contributed by atoms with Gasteiger partial charge in [-0.25, -0.2) is 0 Å². The average Bonchev–Trinajstić information content (AvgIpc) is 3.21. The molecule has 1 saturated carbocycles. The van der Waals surface area contributed by atoms with Crippen molar-refractivity contribution in [2.45, 2.75) is 142 Å². The SMILES string of the molecule is C/C1=C\C[C@H]([C@@H](C)C/C(C)=C/[C@@H](C)[C@H]2C[C@@H](C)OC3(CCCC3)O2)OC(=O)CCC[C@H](O)[C@@H](C)C1. The van der Waals surface area contributed by atoms with Crippen LogP contribution in [0.1, 0.15) is 112 Å². The first-order valence-electron chi connectivity index (χ1n) is 14.1. The predicted molar refractivity (Wildman–Crippen MR) is 140 cm³/mol. The summed E-state index contributed by atoms with van der Waals surface area (Å²) in [6.07, 6.45) is 14.0. The number of carbonyl (C=O) groups is 1. The molecule has 200 valence electrons. The van der Waals surface area contributed by atoms with Crippen LogP contribution in [-0.2, 0) is 19.0 Å². The number of carbonyl (C=O) groups excluding carboxylic acids is 1. The van der Waals surface area contributed by atoms with Gasteiger partial charge in [-0.1, -0.05) is 44.1 Å². The second kappa shape index (κ2) is 12.9. The van der Waals surface area contributed by atoms with Crippen molar-refractivity contribution < 1.29 is 24.1 Å². The molecule has 5 heteroatoms. The van der Waals surface area contributed by atoms with Crippen molar-refractivity contribution in [2.24, 2.45) is 17.8 Å². The lowest BCUT2D eigenvalue weighted by molar-refractivity contribution is -0.316. The first-order valence-corrected chi connectivity index (χ1v) is 14.1. The summed E-state index contributed by atoms with van der Waals surface area (Å²) >= 11 is 0. The Balaban J connectivity index is 1.62. The topological polar surface area (TPSA) is 65.0 Å². The van der Waals surface area contributed by atoms with Crippen LogP contribution in [0.4, 0.5) is 0 Å². The van der Waals surface area contributed by atoms with Crippen LogP contribution in [0.5, 0.6) is 0 Å². The average molecular weight is 491 g/mol. The van der Waals surface area contributed by atoms with Gasteiger partial charge in [0.25, 0.3) is 0 Å². The maximum absolute atomic E-state index is 12.5. The first-order chi connectivity index (χ1) is 16.6. The van der Waals surface area contributed by atoms with E-state index >= 15 is 0 Å². The Labute approximate surface area is 213 Å². The van der Waals surface area contributed by atoms with Gasteiger partial charge in [0.1, 0.15) is 6.10 Å². The molecular formula is C30H50O5. The molecule has 2 fully saturated rings. The van der Waals surface area contributed by atoms with Crippen molar-refractivity contribution in [3.8, 4) is 0 Å². The number of ether oxygens (including phenoxy) is 3. The maximum atomic E-state index is 12.5. The second-order valence-electron chi connectivity index (χ2n) is 11.9. The molecule has 1 N–H and O–H groups in total. The Morgan fingerprint density at radius 1 is 1.17 bits per heavy atom. The van der Waals surface area contributed by atoms with E-state index in [9.17, 15) is 9.90 Å². The lowest BCUT2D eigenvalue weighted by atomic mass is 9.88. The van der Waals surface area contributed by atoms with E-state index in [1.807, 2.05) is 0 Å². The van der Waals surface area contributed by atoms with Crippen LogP contribution in [0.25, 0.3) is 0 Å². The molecule has 2 heterocycles. The van der Waals surface area contributed by atoms with Crippen LogP contribution in [0.3, 0.4) is 0 Å². The predicted octanol–water partition coefficient (Wildman–Crippen LogP) is 6.88. The van der Waals surface area contributed by atoms with E-state index in [0.29, 0.717) is 25.2 Å². The molecule has 1 spiro atoms. The highest BCUT2D eigenvalue weighted by Crippen LogP contribution is 2.42. The van der Waals surface area contributed by atoms with Crippen LogP contribution >= 0.6 is 0 Å². The van der Waals surface area contributed by atoms with Crippen LogP contribution < -0.4 is 0 Å². The highest BCUT2D eigenvalue weighted by atomic mass is 16.7. The number of hydrogen-bond donors (Lipinski definition) is 1.